The van der Waals surface area contributed by atoms with Crippen molar-refractivity contribution in [3.05, 3.63) is 42.5 Å². The van der Waals surface area contributed by atoms with Crippen molar-refractivity contribution < 1.29 is 32.2 Å². The number of sulfone groups is 1. The van der Waals surface area contributed by atoms with Crippen LogP contribution in [0, 0.1) is 5.92 Å². The maximum absolute atomic E-state index is 12.6. The Morgan fingerprint density at radius 2 is 1.70 bits per heavy atom. The molecule has 0 saturated carbocycles. The Labute approximate surface area is 193 Å². The van der Waals surface area contributed by atoms with Gasteiger partial charge in [0.25, 0.3) is 0 Å². The molecule has 1 heterocycles. The highest BCUT2D eigenvalue weighted by molar-refractivity contribution is 7.91. The third-order valence-electron chi connectivity index (χ3n) is 5.45. The van der Waals surface area contributed by atoms with Crippen LogP contribution in [0.4, 0.5) is 5.69 Å². The fourth-order valence-electron chi connectivity index (χ4n) is 3.72. The van der Waals surface area contributed by atoms with Crippen molar-refractivity contribution in [2.24, 2.45) is 5.92 Å². The van der Waals surface area contributed by atoms with Crippen molar-refractivity contribution in [2.45, 2.75) is 17.7 Å². The summed E-state index contributed by atoms with van der Waals surface area (Å²) in [6.45, 7) is 0.408. The number of carbonyl (C=O) groups is 2. The predicted octanol–water partition coefficient (Wildman–Crippen LogP) is 2.05. The molecule has 1 fully saturated rings. The maximum atomic E-state index is 12.6. The van der Waals surface area contributed by atoms with E-state index in [1.54, 1.807) is 42.5 Å². The van der Waals surface area contributed by atoms with Crippen molar-refractivity contribution in [3.63, 3.8) is 0 Å². The Balaban J connectivity index is 1.58. The molecular weight excluding hydrogens is 448 g/mol. The van der Waals surface area contributed by atoms with Crippen molar-refractivity contribution >= 4 is 27.3 Å². The van der Waals surface area contributed by atoms with Gasteiger partial charge in [0.2, 0.25) is 17.6 Å². The van der Waals surface area contributed by atoms with E-state index < -0.39 is 15.8 Å². The van der Waals surface area contributed by atoms with Gasteiger partial charge in [0, 0.05) is 31.6 Å². The van der Waals surface area contributed by atoms with E-state index in [0.29, 0.717) is 22.9 Å². The molecule has 1 aliphatic heterocycles. The van der Waals surface area contributed by atoms with Gasteiger partial charge in [0.15, 0.2) is 21.3 Å². The molecule has 2 amide bonds. The summed E-state index contributed by atoms with van der Waals surface area (Å²) < 4.78 is 40.7. The first-order valence-electron chi connectivity index (χ1n) is 10.5. The molecule has 1 saturated heterocycles. The second-order valence-electron chi connectivity index (χ2n) is 7.57. The lowest BCUT2D eigenvalue weighted by Crippen LogP contribution is -2.34. The lowest BCUT2D eigenvalue weighted by molar-refractivity contribution is -0.126. The predicted molar refractivity (Wildman–Crippen MR) is 123 cm³/mol. The highest BCUT2D eigenvalue weighted by Crippen LogP contribution is 2.42. The lowest BCUT2D eigenvalue weighted by atomic mass is 10.1. The monoisotopic (exact) mass is 476 g/mol. The molecule has 10 heteroatoms. The maximum Gasteiger partial charge on any atom is 0.227 e. The van der Waals surface area contributed by atoms with Gasteiger partial charge in [-0.05, 0) is 18.6 Å². The minimum Gasteiger partial charge on any atom is -0.493 e. The van der Waals surface area contributed by atoms with Crippen molar-refractivity contribution in [1.29, 1.82) is 0 Å². The van der Waals surface area contributed by atoms with Gasteiger partial charge in [-0.2, -0.15) is 0 Å². The second kappa shape index (κ2) is 10.6. The van der Waals surface area contributed by atoms with E-state index in [4.69, 9.17) is 14.2 Å². The van der Waals surface area contributed by atoms with Crippen molar-refractivity contribution in [2.75, 3.05) is 45.1 Å². The molecule has 33 heavy (non-hydrogen) atoms. The fourth-order valence-corrected chi connectivity index (χ4v) is 5.05. The van der Waals surface area contributed by atoms with Crippen LogP contribution in [0.15, 0.2) is 47.4 Å². The minimum atomic E-state index is -3.40. The molecule has 9 nitrogen and oxygen atoms in total. The smallest absolute Gasteiger partial charge is 0.227 e. The highest BCUT2D eigenvalue weighted by Gasteiger charge is 2.36. The molecule has 1 aliphatic rings. The number of nitrogens with one attached hydrogen (secondary N) is 1. The minimum absolute atomic E-state index is 0.0603. The zero-order chi connectivity index (χ0) is 24.0. The number of rotatable bonds is 10. The number of nitrogens with zero attached hydrogens (tertiary/aromatic N) is 1. The second-order valence-corrected chi connectivity index (χ2v) is 9.67. The Hall–Kier alpha value is -3.27. The summed E-state index contributed by atoms with van der Waals surface area (Å²) in [5, 5.41) is 2.75. The summed E-state index contributed by atoms with van der Waals surface area (Å²) in [5.41, 5.74) is 0.541. The number of ether oxygens (including phenoxy) is 3. The molecule has 0 aliphatic carbocycles. The largest absolute Gasteiger partial charge is 0.493 e. The van der Waals surface area contributed by atoms with Crippen molar-refractivity contribution in [1.82, 2.24) is 5.32 Å². The van der Waals surface area contributed by atoms with Gasteiger partial charge in [0.05, 0.1) is 43.6 Å². The van der Waals surface area contributed by atoms with Crippen LogP contribution in [0.3, 0.4) is 0 Å². The molecule has 0 bridgehead atoms. The number of methoxy groups -OCH3 is 3. The van der Waals surface area contributed by atoms with E-state index in [0.717, 1.165) is 0 Å². The number of benzene rings is 2. The Morgan fingerprint density at radius 1 is 1.06 bits per heavy atom. The van der Waals surface area contributed by atoms with Gasteiger partial charge in [0.1, 0.15) is 0 Å². The molecular formula is C23H28N2O7S. The number of carbonyl (C=O) groups excluding carboxylic acids is 2. The van der Waals surface area contributed by atoms with E-state index >= 15 is 0 Å². The molecule has 0 radical (unpaired) electrons. The van der Waals surface area contributed by atoms with Crippen LogP contribution < -0.4 is 24.4 Å². The van der Waals surface area contributed by atoms with Gasteiger partial charge < -0.3 is 24.4 Å². The van der Waals surface area contributed by atoms with Gasteiger partial charge in [-0.15, -0.1) is 0 Å². The van der Waals surface area contributed by atoms with E-state index in [1.165, 1.54) is 26.2 Å². The van der Waals surface area contributed by atoms with Gasteiger partial charge in [-0.1, -0.05) is 18.2 Å². The number of hydrogen-bond donors (Lipinski definition) is 1. The first kappa shape index (κ1) is 24.4. The van der Waals surface area contributed by atoms with E-state index in [9.17, 15) is 18.0 Å². The standard InChI is InChI=1S/C23H28N2O7S/c1-30-19-13-17(14-20(31-2)22(19)32-3)25-15-16(12-21(25)26)23(27)24-10-7-11-33(28,29)18-8-5-4-6-9-18/h4-6,8-9,13-14,16H,7,10-12,15H2,1-3H3,(H,24,27). The third-order valence-corrected chi connectivity index (χ3v) is 7.26. The molecule has 0 spiro atoms. The molecule has 2 aromatic rings. The van der Waals surface area contributed by atoms with Crippen LogP contribution in [0.1, 0.15) is 12.8 Å². The van der Waals surface area contributed by atoms with Crippen LogP contribution in [-0.4, -0.2) is 60.4 Å². The summed E-state index contributed by atoms with van der Waals surface area (Å²) in [5.74, 6) is 0.140. The summed E-state index contributed by atoms with van der Waals surface area (Å²) in [7, 11) is 1.07. The van der Waals surface area contributed by atoms with Crippen LogP contribution >= 0.6 is 0 Å². The van der Waals surface area contributed by atoms with E-state index in [2.05, 4.69) is 5.32 Å². The average Bonchev–Trinajstić information content (AvgIpc) is 3.22. The highest BCUT2D eigenvalue weighted by atomic mass is 32.2. The topological polar surface area (TPSA) is 111 Å². The Bertz CT molecular complexity index is 1080. The Morgan fingerprint density at radius 3 is 2.27 bits per heavy atom. The first-order chi connectivity index (χ1) is 15.8. The van der Waals surface area contributed by atoms with Gasteiger partial charge in [-0.25, -0.2) is 8.42 Å². The van der Waals surface area contributed by atoms with Gasteiger partial charge in [-0.3, -0.25) is 9.59 Å². The number of anilines is 1. The van der Waals surface area contributed by atoms with E-state index in [-0.39, 0.29) is 48.4 Å². The molecule has 178 valence electrons. The molecule has 3 rings (SSSR count). The SMILES string of the molecule is COc1cc(N2CC(C(=O)NCCCS(=O)(=O)c3ccccc3)CC2=O)cc(OC)c1OC. The first-order valence-corrected chi connectivity index (χ1v) is 12.1. The molecule has 2 aromatic carbocycles. The molecule has 1 unspecified atom stereocenters. The van der Waals surface area contributed by atoms with Gasteiger partial charge >= 0.3 is 0 Å². The average molecular weight is 477 g/mol. The van der Waals surface area contributed by atoms with Crippen LogP contribution in [0.25, 0.3) is 0 Å². The fraction of sp³-hybridized carbons (Fsp3) is 0.391. The lowest BCUT2D eigenvalue weighted by Gasteiger charge is -2.20. The molecule has 1 N–H and O–H groups in total. The van der Waals surface area contributed by atoms with Crippen LogP contribution in [-0.2, 0) is 19.4 Å². The molecule has 1 atom stereocenters. The summed E-state index contributed by atoms with van der Waals surface area (Å²) >= 11 is 0. The summed E-state index contributed by atoms with van der Waals surface area (Å²) in [4.78, 5) is 27.0. The zero-order valence-electron chi connectivity index (χ0n) is 18.9. The molecule has 0 aromatic heterocycles. The third kappa shape index (κ3) is 5.57. The normalized spacial score (nSPS) is 15.9. The Kier molecular flexibility index (Phi) is 7.80. The number of hydrogen-bond acceptors (Lipinski definition) is 7. The quantitative estimate of drug-likeness (QED) is 0.523. The number of amides is 2. The zero-order valence-corrected chi connectivity index (χ0v) is 19.7. The van der Waals surface area contributed by atoms with Crippen molar-refractivity contribution in [3.8, 4) is 17.2 Å². The van der Waals surface area contributed by atoms with Crippen LogP contribution in [0.2, 0.25) is 0 Å². The van der Waals surface area contributed by atoms with Crippen LogP contribution in [0.5, 0.6) is 17.2 Å². The summed E-state index contributed by atoms with van der Waals surface area (Å²) in [6, 6.07) is 11.5. The van der Waals surface area contributed by atoms with E-state index in [1.807, 2.05) is 0 Å². The summed E-state index contributed by atoms with van der Waals surface area (Å²) in [6.07, 6.45) is 0.338.